The number of benzene rings is 1. The van der Waals surface area contributed by atoms with Crippen LogP contribution < -0.4 is 0 Å². The number of non-ortho nitro benzene ring substituents is 1. The van der Waals surface area contributed by atoms with E-state index in [1.165, 1.54) is 13.2 Å². The highest BCUT2D eigenvalue weighted by Gasteiger charge is 2.13. The Labute approximate surface area is 114 Å². The van der Waals surface area contributed by atoms with Crippen molar-refractivity contribution in [2.45, 2.75) is 6.42 Å². The van der Waals surface area contributed by atoms with Crippen LogP contribution in [0.1, 0.15) is 12.0 Å². The lowest BCUT2D eigenvalue weighted by Gasteiger charge is -2.02. The summed E-state index contributed by atoms with van der Waals surface area (Å²) < 4.78 is 4.53. The monoisotopic (exact) mass is 272 g/mol. The van der Waals surface area contributed by atoms with Gasteiger partial charge in [-0.05, 0) is 18.2 Å². The van der Waals surface area contributed by atoms with Crippen LogP contribution in [0.2, 0.25) is 0 Å². The van der Waals surface area contributed by atoms with Crippen LogP contribution in [0.15, 0.2) is 36.5 Å². The van der Waals surface area contributed by atoms with E-state index in [0.717, 1.165) is 5.56 Å². The van der Waals surface area contributed by atoms with Gasteiger partial charge in [0.2, 0.25) is 0 Å². The van der Waals surface area contributed by atoms with Gasteiger partial charge in [0, 0.05) is 17.8 Å². The van der Waals surface area contributed by atoms with Crippen molar-refractivity contribution >= 4 is 28.6 Å². The number of ether oxygens (including phenoxy) is 1. The number of hydrogen-bond acceptors (Lipinski definition) is 5. The lowest BCUT2D eigenvalue weighted by atomic mass is 10.1. The lowest BCUT2D eigenvalue weighted by Crippen LogP contribution is -1.96. The summed E-state index contributed by atoms with van der Waals surface area (Å²) in [5.74, 6) is -0.347. The quantitative estimate of drug-likeness (QED) is 0.485. The molecule has 1 heterocycles. The van der Waals surface area contributed by atoms with Gasteiger partial charge in [0.05, 0.1) is 29.4 Å². The van der Waals surface area contributed by atoms with E-state index in [9.17, 15) is 14.9 Å². The highest BCUT2D eigenvalue weighted by Crippen LogP contribution is 2.27. The number of rotatable bonds is 4. The second-order valence-corrected chi connectivity index (χ2v) is 4.01. The Kier molecular flexibility index (Phi) is 4.05. The fourth-order valence-electron chi connectivity index (χ4n) is 1.84. The maximum Gasteiger partial charge on any atom is 0.309 e. The van der Waals surface area contributed by atoms with Gasteiger partial charge < -0.3 is 4.74 Å². The predicted molar refractivity (Wildman–Crippen MR) is 74.1 cm³/mol. The van der Waals surface area contributed by atoms with Crippen molar-refractivity contribution in [3.05, 3.63) is 52.2 Å². The summed E-state index contributed by atoms with van der Waals surface area (Å²) in [5, 5.41) is 11.4. The molecule has 0 amide bonds. The first-order valence-electron chi connectivity index (χ1n) is 5.89. The van der Waals surface area contributed by atoms with Crippen LogP contribution in [0.3, 0.4) is 0 Å². The van der Waals surface area contributed by atoms with Crippen molar-refractivity contribution < 1.29 is 14.5 Å². The summed E-state index contributed by atoms with van der Waals surface area (Å²) in [6, 6.07) is 6.35. The number of carbonyl (C=O) groups excluding carboxylic acids is 1. The summed E-state index contributed by atoms with van der Waals surface area (Å²) in [5.41, 5.74) is 1.26. The summed E-state index contributed by atoms with van der Waals surface area (Å²) >= 11 is 0. The number of fused-ring (bicyclic) bond motifs is 1. The summed E-state index contributed by atoms with van der Waals surface area (Å²) in [6.07, 6.45) is 5.06. The second kappa shape index (κ2) is 5.92. The topological polar surface area (TPSA) is 82.3 Å². The van der Waals surface area contributed by atoms with E-state index in [0.29, 0.717) is 10.9 Å². The highest BCUT2D eigenvalue weighted by molar-refractivity contribution is 5.94. The van der Waals surface area contributed by atoms with Crippen molar-refractivity contribution in [3.63, 3.8) is 0 Å². The maximum absolute atomic E-state index is 11.0. The van der Waals surface area contributed by atoms with E-state index in [4.69, 9.17) is 0 Å². The zero-order valence-electron chi connectivity index (χ0n) is 10.8. The van der Waals surface area contributed by atoms with Gasteiger partial charge >= 0.3 is 5.97 Å². The lowest BCUT2D eigenvalue weighted by molar-refractivity contribution is -0.383. The molecule has 0 spiro atoms. The number of nitrogens with zero attached hydrogens (tertiary/aromatic N) is 2. The number of pyridine rings is 1. The Morgan fingerprint density at radius 1 is 1.45 bits per heavy atom. The number of hydrogen-bond donors (Lipinski definition) is 0. The van der Waals surface area contributed by atoms with Gasteiger partial charge in [-0.2, -0.15) is 0 Å². The number of methoxy groups -OCH3 is 1. The molecule has 0 aliphatic heterocycles. The van der Waals surface area contributed by atoms with Crippen molar-refractivity contribution in [1.82, 2.24) is 4.98 Å². The van der Waals surface area contributed by atoms with E-state index in [1.54, 1.807) is 36.5 Å². The molecule has 0 aliphatic carbocycles. The van der Waals surface area contributed by atoms with E-state index in [2.05, 4.69) is 9.72 Å². The Morgan fingerprint density at radius 3 is 2.95 bits per heavy atom. The Hall–Kier alpha value is -2.76. The number of carbonyl (C=O) groups is 1. The minimum Gasteiger partial charge on any atom is -0.469 e. The van der Waals surface area contributed by atoms with Gasteiger partial charge in [-0.3, -0.25) is 19.9 Å². The SMILES string of the molecule is COC(=O)CC=Cc1ccc([N+](=O)[O-])c2cccnc12. The van der Waals surface area contributed by atoms with Gasteiger partial charge in [-0.1, -0.05) is 12.2 Å². The third-order valence-corrected chi connectivity index (χ3v) is 2.78. The van der Waals surface area contributed by atoms with Gasteiger partial charge in [0.1, 0.15) is 0 Å². The molecule has 0 aliphatic rings. The van der Waals surface area contributed by atoms with Crippen molar-refractivity contribution in [1.29, 1.82) is 0 Å². The number of aromatic nitrogens is 1. The maximum atomic E-state index is 11.0. The summed E-state index contributed by atoms with van der Waals surface area (Å²) in [4.78, 5) is 25.7. The number of esters is 1. The molecule has 0 saturated heterocycles. The minimum atomic E-state index is -0.439. The third kappa shape index (κ3) is 2.80. The first kappa shape index (κ1) is 13.7. The molecule has 0 N–H and O–H groups in total. The Morgan fingerprint density at radius 2 is 2.25 bits per heavy atom. The Balaban J connectivity index is 2.43. The average Bonchev–Trinajstić information content (AvgIpc) is 2.46. The molecule has 0 radical (unpaired) electrons. The van der Waals surface area contributed by atoms with E-state index < -0.39 is 4.92 Å². The number of nitro benzene ring substituents is 1. The summed E-state index contributed by atoms with van der Waals surface area (Å²) in [6.45, 7) is 0. The fourth-order valence-corrected chi connectivity index (χ4v) is 1.84. The number of nitro groups is 1. The van der Waals surface area contributed by atoms with E-state index in [-0.39, 0.29) is 18.1 Å². The Bertz CT molecular complexity index is 695. The molecule has 1 aromatic heterocycles. The van der Waals surface area contributed by atoms with Crippen molar-refractivity contribution in [3.8, 4) is 0 Å². The molecule has 0 bridgehead atoms. The zero-order chi connectivity index (χ0) is 14.5. The predicted octanol–water partition coefficient (Wildman–Crippen LogP) is 2.72. The largest absolute Gasteiger partial charge is 0.469 e. The van der Waals surface area contributed by atoms with Crippen LogP contribution in [0.25, 0.3) is 17.0 Å². The molecule has 0 unspecified atom stereocenters. The molecule has 0 atom stereocenters. The average molecular weight is 272 g/mol. The van der Waals surface area contributed by atoms with Crippen LogP contribution >= 0.6 is 0 Å². The highest BCUT2D eigenvalue weighted by atomic mass is 16.6. The van der Waals surface area contributed by atoms with Gasteiger partial charge in [0.15, 0.2) is 0 Å². The van der Waals surface area contributed by atoms with Crippen molar-refractivity contribution in [2.75, 3.05) is 7.11 Å². The van der Waals surface area contributed by atoms with Crippen LogP contribution in [0.4, 0.5) is 5.69 Å². The van der Waals surface area contributed by atoms with Gasteiger partial charge in [-0.25, -0.2) is 0 Å². The minimum absolute atomic E-state index is 0.0122. The van der Waals surface area contributed by atoms with Crippen LogP contribution in [-0.2, 0) is 9.53 Å². The molecule has 1 aromatic carbocycles. The normalized spacial score (nSPS) is 10.8. The molecule has 2 rings (SSSR count). The first-order valence-corrected chi connectivity index (χ1v) is 5.89. The molecule has 102 valence electrons. The molecule has 20 heavy (non-hydrogen) atoms. The van der Waals surface area contributed by atoms with E-state index >= 15 is 0 Å². The first-order chi connectivity index (χ1) is 9.63. The van der Waals surface area contributed by atoms with Crippen LogP contribution in [0, 0.1) is 10.1 Å². The third-order valence-electron chi connectivity index (χ3n) is 2.78. The van der Waals surface area contributed by atoms with E-state index in [1.807, 2.05) is 0 Å². The van der Waals surface area contributed by atoms with Crippen LogP contribution in [-0.4, -0.2) is 23.0 Å². The molecule has 0 fully saturated rings. The van der Waals surface area contributed by atoms with Gasteiger partial charge in [0.25, 0.3) is 5.69 Å². The standard InChI is InChI=1S/C14H12N2O4/c1-20-13(17)6-2-4-10-7-8-12(16(18)19)11-5-3-9-15-14(10)11/h2-5,7-9H,6H2,1H3. The van der Waals surface area contributed by atoms with Gasteiger partial charge in [-0.15, -0.1) is 0 Å². The zero-order valence-corrected chi connectivity index (χ0v) is 10.8. The molecular formula is C14H12N2O4. The molecule has 2 aromatic rings. The smallest absolute Gasteiger partial charge is 0.309 e. The molecular weight excluding hydrogens is 260 g/mol. The van der Waals surface area contributed by atoms with Crippen molar-refractivity contribution in [2.24, 2.45) is 0 Å². The second-order valence-electron chi connectivity index (χ2n) is 4.01. The molecule has 6 heteroatoms. The van der Waals surface area contributed by atoms with Crippen LogP contribution in [0.5, 0.6) is 0 Å². The summed E-state index contributed by atoms with van der Waals surface area (Å²) in [7, 11) is 1.32. The molecule has 0 saturated carbocycles. The molecule has 6 nitrogen and oxygen atoms in total. The fraction of sp³-hybridized carbons (Fsp3) is 0.143.